The number of nitriles is 1. The lowest BCUT2D eigenvalue weighted by Gasteiger charge is -2.18. The number of aromatic nitrogens is 1. The second-order valence-electron chi connectivity index (χ2n) is 9.23. The van der Waals surface area contributed by atoms with Gasteiger partial charge in [0.1, 0.15) is 0 Å². The van der Waals surface area contributed by atoms with Gasteiger partial charge in [-0.1, -0.05) is 18.1 Å². The zero-order valence-electron chi connectivity index (χ0n) is 23.0. The van der Waals surface area contributed by atoms with E-state index in [0.29, 0.717) is 12.5 Å². The average molecular weight is 610 g/mol. The van der Waals surface area contributed by atoms with Crippen LogP contribution in [0.2, 0.25) is 0 Å². The van der Waals surface area contributed by atoms with Gasteiger partial charge in [0.05, 0.1) is 40.9 Å². The van der Waals surface area contributed by atoms with Crippen LogP contribution in [0.15, 0.2) is 53.1 Å². The lowest BCUT2D eigenvalue weighted by molar-refractivity contribution is -0.137. The van der Waals surface area contributed by atoms with Gasteiger partial charge in [-0.25, -0.2) is 9.59 Å². The molecule has 1 heterocycles. The molecule has 0 radical (unpaired) electrons. The number of amides is 3. The van der Waals surface area contributed by atoms with E-state index < -0.39 is 35.6 Å². The normalized spacial score (nSPS) is 11.0. The molecule has 0 unspecified atom stereocenters. The van der Waals surface area contributed by atoms with Crippen LogP contribution in [0.3, 0.4) is 0 Å². The third-order valence-corrected chi connectivity index (χ3v) is 6.25. The second kappa shape index (κ2) is 12.5. The van der Waals surface area contributed by atoms with Crippen LogP contribution < -0.4 is 16.0 Å². The highest BCUT2D eigenvalue weighted by atomic mass is 19.4. The molecule has 4 N–H and O–H groups in total. The number of anilines is 3. The summed E-state index contributed by atoms with van der Waals surface area (Å²) in [6.07, 6.45) is -5.41. The number of halogens is 3. The molecule has 0 spiro atoms. The Morgan fingerprint density at radius 1 is 1.00 bits per heavy atom. The number of hydrogen-bond donors (Lipinski definition) is 4. The van der Waals surface area contributed by atoms with Crippen molar-refractivity contribution in [1.29, 1.82) is 5.26 Å². The van der Waals surface area contributed by atoms with E-state index in [1.807, 2.05) is 0 Å². The minimum atomic E-state index is -4.90. The number of ether oxygens (including phenoxy) is 1. The number of methoxy groups -OCH3 is 1. The number of carboxylic acid groups (broad SMARTS) is 1. The smallest absolute Gasteiger partial charge is 0.417 e. The highest BCUT2D eigenvalue weighted by molar-refractivity contribution is 6.14. The highest BCUT2D eigenvalue weighted by Crippen LogP contribution is 2.43. The third-order valence-electron chi connectivity index (χ3n) is 6.25. The Hall–Kier alpha value is -5.91. The van der Waals surface area contributed by atoms with Crippen LogP contribution in [-0.2, 0) is 15.7 Å². The van der Waals surface area contributed by atoms with Gasteiger partial charge in [-0.15, -0.1) is 0 Å². The Balaban J connectivity index is 1.85. The fraction of sp³-hybridized carbons (Fsp3) is 0.172. The number of nitrogens with zero attached hydrogens (tertiary/aromatic N) is 2. The van der Waals surface area contributed by atoms with Crippen molar-refractivity contribution in [3.63, 3.8) is 0 Å². The molecule has 44 heavy (non-hydrogen) atoms. The monoisotopic (exact) mass is 609 g/mol. The number of aromatic carboxylic acids is 1. The summed E-state index contributed by atoms with van der Waals surface area (Å²) in [5.41, 5.74) is -2.92. The first kappa shape index (κ1) is 31.0. The van der Waals surface area contributed by atoms with Crippen molar-refractivity contribution in [2.45, 2.75) is 25.9 Å². The molecule has 0 fully saturated rings. The summed E-state index contributed by atoms with van der Waals surface area (Å²) in [7, 11) is 1.05. The molecule has 4 aromatic rings. The Morgan fingerprint density at radius 3 is 2.39 bits per heavy atom. The summed E-state index contributed by atoms with van der Waals surface area (Å²) in [5, 5.41) is 29.4. The molecule has 4 rings (SSSR count). The average Bonchev–Trinajstić information content (AvgIpc) is 3.39. The first-order chi connectivity index (χ1) is 20.9. The van der Waals surface area contributed by atoms with Crippen molar-refractivity contribution < 1.29 is 46.7 Å². The van der Waals surface area contributed by atoms with Gasteiger partial charge >= 0.3 is 18.2 Å². The Kier molecular flexibility index (Phi) is 8.84. The van der Waals surface area contributed by atoms with Crippen LogP contribution >= 0.6 is 0 Å². The molecule has 12 nitrogen and oxygen atoms in total. The second-order valence-corrected chi connectivity index (χ2v) is 9.23. The van der Waals surface area contributed by atoms with Crippen LogP contribution in [0.1, 0.15) is 51.7 Å². The van der Waals surface area contributed by atoms with Gasteiger partial charge in [0.2, 0.25) is 5.91 Å². The van der Waals surface area contributed by atoms with Crippen LogP contribution in [0, 0.1) is 11.3 Å². The molecule has 226 valence electrons. The highest BCUT2D eigenvalue weighted by Gasteiger charge is 2.35. The van der Waals surface area contributed by atoms with E-state index >= 15 is 0 Å². The molecule has 0 aliphatic rings. The van der Waals surface area contributed by atoms with Gasteiger partial charge in [0, 0.05) is 23.4 Å². The molecule has 0 saturated heterocycles. The lowest BCUT2D eigenvalue weighted by atomic mass is 9.95. The Labute approximate surface area is 246 Å². The van der Waals surface area contributed by atoms with Crippen molar-refractivity contribution >= 4 is 51.9 Å². The summed E-state index contributed by atoms with van der Waals surface area (Å²) >= 11 is 0. The topological polar surface area (TPSA) is 184 Å². The van der Waals surface area contributed by atoms with E-state index in [0.717, 1.165) is 19.2 Å². The molecule has 0 saturated carbocycles. The minimum absolute atomic E-state index is 0.00102. The summed E-state index contributed by atoms with van der Waals surface area (Å²) in [4.78, 5) is 49.0. The third kappa shape index (κ3) is 6.59. The molecule has 0 aliphatic carbocycles. The number of benzene rings is 3. The van der Waals surface area contributed by atoms with Crippen molar-refractivity contribution in [2.24, 2.45) is 0 Å². The number of hydrogen-bond acceptors (Lipinski definition) is 8. The minimum Gasteiger partial charge on any atom is -0.478 e. The fourth-order valence-corrected chi connectivity index (χ4v) is 4.26. The van der Waals surface area contributed by atoms with Gasteiger partial charge in [-0.2, -0.15) is 18.4 Å². The summed E-state index contributed by atoms with van der Waals surface area (Å²) in [6.45, 7) is 1.73. The quantitative estimate of drug-likeness (QED) is 0.179. The molecule has 1 aromatic heterocycles. The molecule has 3 aromatic carbocycles. The number of carbonyl (C=O) groups is 4. The van der Waals surface area contributed by atoms with Crippen molar-refractivity contribution in [3.05, 3.63) is 70.9 Å². The predicted molar refractivity (Wildman–Crippen MR) is 150 cm³/mol. The lowest BCUT2D eigenvalue weighted by Crippen LogP contribution is -2.16. The van der Waals surface area contributed by atoms with Crippen molar-refractivity contribution in [1.82, 2.24) is 5.16 Å². The zero-order chi connectivity index (χ0) is 32.2. The molecular formula is C29H22F3N5O7. The molecule has 0 bridgehead atoms. The number of fused-ring (bicyclic) bond motifs is 1. The van der Waals surface area contributed by atoms with E-state index in [4.69, 9.17) is 9.78 Å². The van der Waals surface area contributed by atoms with E-state index in [1.54, 1.807) is 13.0 Å². The number of rotatable bonds is 8. The molecule has 3 amide bonds. The molecular weight excluding hydrogens is 587 g/mol. The summed E-state index contributed by atoms with van der Waals surface area (Å²) in [5.74, 6) is -2.86. The van der Waals surface area contributed by atoms with E-state index in [-0.39, 0.29) is 62.4 Å². The zero-order valence-corrected chi connectivity index (χ0v) is 23.0. The summed E-state index contributed by atoms with van der Waals surface area (Å²) in [6, 6.07) is 10.8. The number of carbonyl (C=O) groups excluding carboxylic acids is 3. The van der Waals surface area contributed by atoms with E-state index in [1.165, 1.54) is 30.3 Å². The predicted octanol–water partition coefficient (Wildman–Crippen LogP) is 6.25. The first-order valence-electron chi connectivity index (χ1n) is 12.7. The first-order valence-corrected chi connectivity index (χ1v) is 12.7. The van der Waals surface area contributed by atoms with E-state index in [9.17, 15) is 37.5 Å². The van der Waals surface area contributed by atoms with Gasteiger partial charge in [0.25, 0.3) is 5.91 Å². The number of nitrogens with one attached hydrogen (secondary N) is 3. The van der Waals surface area contributed by atoms with Gasteiger partial charge in [-0.3, -0.25) is 14.9 Å². The SMILES string of the molecule is CCCC(=O)Nc1cc2c(C(=O)Nc3ccc(C#N)cc3C(=O)O)noc2cc1-c1ccc(NC(=O)OC)cc1C(F)(F)F. The molecule has 15 heteroatoms. The molecule has 0 atom stereocenters. The van der Waals surface area contributed by atoms with Crippen LogP contribution in [0.4, 0.5) is 35.0 Å². The van der Waals surface area contributed by atoms with Gasteiger partial charge in [-0.05, 0) is 54.4 Å². The van der Waals surface area contributed by atoms with Gasteiger partial charge in [0.15, 0.2) is 11.3 Å². The summed E-state index contributed by atoms with van der Waals surface area (Å²) < 4.78 is 52.4. The number of carboxylic acids is 1. The Bertz CT molecular complexity index is 1840. The largest absolute Gasteiger partial charge is 0.478 e. The van der Waals surface area contributed by atoms with Crippen molar-refractivity contribution in [2.75, 3.05) is 23.1 Å². The van der Waals surface area contributed by atoms with E-state index in [2.05, 4.69) is 25.8 Å². The Morgan fingerprint density at radius 2 is 1.75 bits per heavy atom. The maximum Gasteiger partial charge on any atom is 0.417 e. The maximum atomic E-state index is 14.2. The standard InChI is InChI=1S/C29H22F3N5O7/c1-3-4-24(38)35-22-11-19-23(12-17(22)16-7-6-15(34-28(42)43-2)10-20(16)29(30,31)32)44-37-25(19)26(39)36-21-8-5-14(13-33)9-18(21)27(40)41/h5-12H,3-4H2,1-2H3,(H,34,42)(H,35,38)(H,36,39)(H,40,41). The van der Waals surface area contributed by atoms with Crippen LogP contribution in [-0.4, -0.2) is 41.2 Å². The fourth-order valence-electron chi connectivity index (χ4n) is 4.26. The van der Waals surface area contributed by atoms with Crippen LogP contribution in [0.25, 0.3) is 22.1 Å². The van der Waals surface area contributed by atoms with Gasteiger partial charge < -0.3 is 25.0 Å². The van der Waals surface area contributed by atoms with Crippen LogP contribution in [0.5, 0.6) is 0 Å². The van der Waals surface area contributed by atoms with Crippen molar-refractivity contribution in [3.8, 4) is 17.2 Å². The maximum absolute atomic E-state index is 14.2. The number of alkyl halides is 3. The molecule has 0 aliphatic heterocycles.